The molecular weight excluding hydrogens is 264 g/mol. The van der Waals surface area contributed by atoms with E-state index < -0.39 is 6.10 Å². The molecule has 0 amide bonds. The Hall–Kier alpha value is -1.77. The lowest BCUT2D eigenvalue weighted by atomic mass is 10.0. The zero-order valence-corrected chi connectivity index (χ0v) is 11.9. The second kappa shape index (κ2) is 6.12. The molecule has 3 aromatic carbocycles. The predicted molar refractivity (Wildman–Crippen MR) is 86.1 cm³/mol. The maximum Gasteiger partial charge on any atom is 0.0884 e. The van der Waals surface area contributed by atoms with Gasteiger partial charge in [0.25, 0.3) is 0 Å². The number of thioether (sulfide) groups is 1. The van der Waals surface area contributed by atoms with Crippen LogP contribution in [0, 0.1) is 0 Å². The molecule has 3 rings (SSSR count). The van der Waals surface area contributed by atoms with Gasteiger partial charge in [0, 0.05) is 10.6 Å². The van der Waals surface area contributed by atoms with Gasteiger partial charge in [-0.3, -0.25) is 0 Å². The maximum absolute atomic E-state index is 10.3. The van der Waals surface area contributed by atoms with Crippen LogP contribution >= 0.6 is 11.8 Å². The van der Waals surface area contributed by atoms with Crippen molar-refractivity contribution in [2.24, 2.45) is 0 Å². The zero-order valence-electron chi connectivity index (χ0n) is 11.1. The highest BCUT2D eigenvalue weighted by molar-refractivity contribution is 7.99. The zero-order chi connectivity index (χ0) is 13.8. The highest BCUT2D eigenvalue weighted by Crippen LogP contribution is 2.26. The largest absolute Gasteiger partial charge is 0.388 e. The molecule has 0 radical (unpaired) electrons. The van der Waals surface area contributed by atoms with Crippen molar-refractivity contribution >= 4 is 22.5 Å². The normalized spacial score (nSPS) is 12.4. The monoisotopic (exact) mass is 280 g/mol. The average Bonchev–Trinajstić information content (AvgIpc) is 2.53. The minimum Gasteiger partial charge on any atom is -0.388 e. The van der Waals surface area contributed by atoms with Crippen molar-refractivity contribution in [2.45, 2.75) is 11.0 Å². The second-order valence-electron chi connectivity index (χ2n) is 4.75. The van der Waals surface area contributed by atoms with Gasteiger partial charge in [0.05, 0.1) is 6.10 Å². The van der Waals surface area contributed by atoms with Gasteiger partial charge in [-0.05, 0) is 34.5 Å². The SMILES string of the molecule is OC(CSc1ccccc1)c1ccc2ccccc2c1. The van der Waals surface area contributed by atoms with E-state index in [2.05, 4.69) is 36.4 Å². The first-order chi connectivity index (χ1) is 9.83. The van der Waals surface area contributed by atoms with Gasteiger partial charge in [0.1, 0.15) is 0 Å². The maximum atomic E-state index is 10.3. The summed E-state index contributed by atoms with van der Waals surface area (Å²) in [5.41, 5.74) is 0.979. The van der Waals surface area contributed by atoms with Gasteiger partial charge >= 0.3 is 0 Å². The number of rotatable bonds is 4. The summed E-state index contributed by atoms with van der Waals surface area (Å²) in [4.78, 5) is 1.19. The third-order valence-corrected chi connectivity index (χ3v) is 4.40. The van der Waals surface area contributed by atoms with E-state index in [1.165, 1.54) is 15.7 Å². The number of benzene rings is 3. The third kappa shape index (κ3) is 3.03. The molecule has 1 nitrogen and oxygen atoms in total. The van der Waals surface area contributed by atoms with Crippen LogP contribution in [0.5, 0.6) is 0 Å². The summed E-state index contributed by atoms with van der Waals surface area (Å²) < 4.78 is 0. The van der Waals surface area contributed by atoms with Crippen LogP contribution in [0.4, 0.5) is 0 Å². The fourth-order valence-electron chi connectivity index (χ4n) is 2.20. The number of aliphatic hydroxyl groups excluding tert-OH is 1. The molecule has 0 saturated carbocycles. The molecule has 0 aliphatic heterocycles. The van der Waals surface area contributed by atoms with E-state index in [1.54, 1.807) is 11.8 Å². The van der Waals surface area contributed by atoms with E-state index >= 15 is 0 Å². The minimum atomic E-state index is -0.440. The topological polar surface area (TPSA) is 20.2 Å². The minimum absolute atomic E-state index is 0.440. The Morgan fingerprint density at radius 2 is 1.50 bits per heavy atom. The molecule has 0 saturated heterocycles. The van der Waals surface area contributed by atoms with Crippen LogP contribution < -0.4 is 0 Å². The lowest BCUT2D eigenvalue weighted by Crippen LogP contribution is -2.00. The molecule has 0 aliphatic rings. The molecule has 1 N–H and O–H groups in total. The van der Waals surface area contributed by atoms with Crippen molar-refractivity contribution in [1.82, 2.24) is 0 Å². The first-order valence-corrected chi connectivity index (χ1v) is 7.66. The summed E-state index contributed by atoms with van der Waals surface area (Å²) >= 11 is 1.68. The summed E-state index contributed by atoms with van der Waals surface area (Å²) in [6, 6.07) is 24.6. The van der Waals surface area contributed by atoms with Gasteiger partial charge in [-0.2, -0.15) is 0 Å². The number of hydrogen-bond acceptors (Lipinski definition) is 2. The van der Waals surface area contributed by atoms with Gasteiger partial charge in [-0.15, -0.1) is 11.8 Å². The molecule has 0 bridgehead atoms. The van der Waals surface area contributed by atoms with Gasteiger partial charge < -0.3 is 5.11 Å². The van der Waals surface area contributed by atoms with Gasteiger partial charge in [-0.25, -0.2) is 0 Å². The Kier molecular flexibility index (Phi) is 4.05. The summed E-state index contributed by atoms with van der Waals surface area (Å²) in [6.45, 7) is 0. The Balaban J connectivity index is 1.73. The summed E-state index contributed by atoms with van der Waals surface area (Å²) in [7, 11) is 0. The number of fused-ring (bicyclic) bond motifs is 1. The third-order valence-electron chi connectivity index (χ3n) is 3.31. The van der Waals surface area contributed by atoms with Crippen LogP contribution in [0.1, 0.15) is 11.7 Å². The average molecular weight is 280 g/mol. The van der Waals surface area contributed by atoms with Crippen molar-refractivity contribution in [1.29, 1.82) is 0 Å². The summed E-state index contributed by atoms with van der Waals surface area (Å²) in [6.07, 6.45) is -0.440. The van der Waals surface area contributed by atoms with Crippen molar-refractivity contribution < 1.29 is 5.11 Å². The van der Waals surface area contributed by atoms with Crippen LogP contribution in [0.25, 0.3) is 10.8 Å². The van der Waals surface area contributed by atoms with E-state index in [1.807, 2.05) is 36.4 Å². The molecule has 0 heterocycles. The Morgan fingerprint density at radius 3 is 2.30 bits per heavy atom. The molecule has 20 heavy (non-hydrogen) atoms. The van der Waals surface area contributed by atoms with Crippen molar-refractivity contribution in [3.05, 3.63) is 78.4 Å². The lowest BCUT2D eigenvalue weighted by Gasteiger charge is -2.11. The van der Waals surface area contributed by atoms with Crippen molar-refractivity contribution in [2.75, 3.05) is 5.75 Å². The first kappa shape index (κ1) is 13.2. The van der Waals surface area contributed by atoms with E-state index in [0.29, 0.717) is 5.75 Å². The number of hydrogen-bond donors (Lipinski definition) is 1. The van der Waals surface area contributed by atoms with Crippen LogP contribution in [0.15, 0.2) is 77.7 Å². The van der Waals surface area contributed by atoms with Crippen LogP contribution in [-0.4, -0.2) is 10.9 Å². The van der Waals surface area contributed by atoms with Crippen LogP contribution in [0.2, 0.25) is 0 Å². The predicted octanol–water partition coefficient (Wildman–Crippen LogP) is 4.67. The van der Waals surface area contributed by atoms with Gasteiger partial charge in [-0.1, -0.05) is 54.6 Å². The molecule has 0 aromatic heterocycles. The summed E-state index contributed by atoms with van der Waals surface area (Å²) in [5.74, 6) is 0.669. The lowest BCUT2D eigenvalue weighted by molar-refractivity contribution is 0.204. The van der Waals surface area contributed by atoms with Crippen molar-refractivity contribution in [3.63, 3.8) is 0 Å². The highest BCUT2D eigenvalue weighted by atomic mass is 32.2. The summed E-state index contributed by atoms with van der Waals surface area (Å²) in [5, 5.41) is 12.7. The van der Waals surface area contributed by atoms with Gasteiger partial charge in [0.2, 0.25) is 0 Å². The molecule has 1 unspecified atom stereocenters. The molecule has 1 atom stereocenters. The quantitative estimate of drug-likeness (QED) is 0.701. The fourth-order valence-corrected chi connectivity index (χ4v) is 3.10. The standard InChI is InChI=1S/C18H16OS/c19-18(13-20-17-8-2-1-3-9-17)16-11-10-14-6-4-5-7-15(14)12-16/h1-12,18-19H,13H2. The molecule has 0 spiro atoms. The molecule has 0 aliphatic carbocycles. The smallest absolute Gasteiger partial charge is 0.0884 e. The molecule has 0 fully saturated rings. The highest BCUT2D eigenvalue weighted by Gasteiger charge is 2.08. The fraction of sp³-hybridized carbons (Fsp3) is 0.111. The van der Waals surface area contributed by atoms with Crippen LogP contribution in [0.3, 0.4) is 0 Å². The first-order valence-electron chi connectivity index (χ1n) is 6.67. The number of aliphatic hydroxyl groups is 1. The van der Waals surface area contributed by atoms with Crippen LogP contribution in [-0.2, 0) is 0 Å². The van der Waals surface area contributed by atoms with E-state index in [4.69, 9.17) is 0 Å². The Morgan fingerprint density at radius 1 is 0.800 bits per heavy atom. The van der Waals surface area contributed by atoms with E-state index in [0.717, 1.165) is 5.56 Å². The Labute approximate surface area is 123 Å². The molecular formula is C18H16OS. The van der Waals surface area contributed by atoms with Gasteiger partial charge in [0.15, 0.2) is 0 Å². The molecule has 3 aromatic rings. The van der Waals surface area contributed by atoms with E-state index in [-0.39, 0.29) is 0 Å². The van der Waals surface area contributed by atoms with E-state index in [9.17, 15) is 5.11 Å². The Bertz CT molecular complexity index is 694. The second-order valence-corrected chi connectivity index (χ2v) is 5.84. The van der Waals surface area contributed by atoms with Crippen molar-refractivity contribution in [3.8, 4) is 0 Å². The molecule has 100 valence electrons. The molecule has 2 heteroatoms.